The summed E-state index contributed by atoms with van der Waals surface area (Å²) in [4.78, 5) is 27.1. The molecular weight excluding hydrogens is 491 g/mol. The van der Waals surface area contributed by atoms with E-state index in [9.17, 15) is 9.59 Å². The summed E-state index contributed by atoms with van der Waals surface area (Å²) in [7, 11) is 3.12. The Morgan fingerprint density at radius 3 is 2.66 bits per heavy atom. The first kappa shape index (κ1) is 24.4. The maximum atomic E-state index is 12.8. The molecule has 0 bridgehead atoms. The molecule has 1 heterocycles. The van der Waals surface area contributed by atoms with Crippen molar-refractivity contribution in [3.63, 3.8) is 0 Å². The molecule has 0 aromatic heterocycles. The molecular formula is C22H20Cl2N2O4S2. The first-order valence-corrected chi connectivity index (χ1v) is 11.5. The van der Waals surface area contributed by atoms with E-state index in [0.29, 0.717) is 49.4 Å². The van der Waals surface area contributed by atoms with E-state index in [4.69, 9.17) is 44.9 Å². The van der Waals surface area contributed by atoms with Crippen molar-refractivity contribution in [2.45, 2.75) is 12.8 Å². The number of rotatable bonds is 8. The van der Waals surface area contributed by atoms with Gasteiger partial charge in [0.1, 0.15) is 4.32 Å². The summed E-state index contributed by atoms with van der Waals surface area (Å²) >= 11 is 18.6. The minimum atomic E-state index is -0.222. The number of benzene rings is 2. The van der Waals surface area contributed by atoms with Gasteiger partial charge in [0.15, 0.2) is 11.5 Å². The van der Waals surface area contributed by atoms with E-state index >= 15 is 0 Å². The third-order valence-corrected chi connectivity index (χ3v) is 6.79. The average molecular weight is 511 g/mol. The summed E-state index contributed by atoms with van der Waals surface area (Å²) in [5.74, 6) is 0.769. The van der Waals surface area contributed by atoms with Gasteiger partial charge in [0.2, 0.25) is 5.91 Å². The highest BCUT2D eigenvalue weighted by atomic mass is 35.5. The minimum Gasteiger partial charge on any atom is -0.493 e. The maximum Gasteiger partial charge on any atom is 0.266 e. The van der Waals surface area contributed by atoms with Crippen LogP contribution in [0.15, 0.2) is 41.3 Å². The number of amides is 2. The summed E-state index contributed by atoms with van der Waals surface area (Å²) in [5.41, 5.74) is 1.24. The van der Waals surface area contributed by atoms with Gasteiger partial charge in [0, 0.05) is 13.0 Å². The molecule has 1 N–H and O–H groups in total. The standard InChI is InChI=1S/C22H20Cl2N2O4S2/c1-29-16-9-8-13(11-17(16)30-2)12-18-21(28)26(22(31)32-18)10-4-7-19(27)25-15-6-3-5-14(23)20(15)24/h3,5-6,8-9,11-12H,4,7,10H2,1-2H3,(H,25,27)/b18-12-. The number of ether oxygens (including phenoxy) is 2. The van der Waals surface area contributed by atoms with Gasteiger partial charge in [0.05, 0.1) is 34.9 Å². The van der Waals surface area contributed by atoms with Crippen LogP contribution in [0, 0.1) is 0 Å². The summed E-state index contributed by atoms with van der Waals surface area (Å²) in [6.07, 6.45) is 2.41. The molecule has 1 fully saturated rings. The quantitative estimate of drug-likeness (QED) is 0.366. The van der Waals surface area contributed by atoms with Crippen LogP contribution in [0.4, 0.5) is 5.69 Å². The van der Waals surface area contributed by atoms with Crippen molar-refractivity contribution in [2.24, 2.45) is 0 Å². The third-order valence-electron chi connectivity index (χ3n) is 4.59. The number of carbonyl (C=O) groups is 2. The normalized spacial score (nSPS) is 14.8. The van der Waals surface area contributed by atoms with E-state index in [-0.39, 0.29) is 18.2 Å². The maximum absolute atomic E-state index is 12.8. The lowest BCUT2D eigenvalue weighted by molar-refractivity contribution is -0.122. The van der Waals surface area contributed by atoms with Crippen LogP contribution in [-0.4, -0.2) is 41.8 Å². The van der Waals surface area contributed by atoms with Gasteiger partial charge < -0.3 is 14.8 Å². The van der Waals surface area contributed by atoms with Crippen molar-refractivity contribution < 1.29 is 19.1 Å². The van der Waals surface area contributed by atoms with E-state index in [1.807, 2.05) is 6.07 Å². The van der Waals surface area contributed by atoms with Gasteiger partial charge >= 0.3 is 0 Å². The fourth-order valence-electron chi connectivity index (χ4n) is 3.00. The summed E-state index contributed by atoms with van der Waals surface area (Å²) < 4.78 is 11.0. The molecule has 0 radical (unpaired) electrons. The number of nitrogens with one attached hydrogen (secondary N) is 1. The summed E-state index contributed by atoms with van der Waals surface area (Å²) in [5, 5.41) is 3.39. The first-order valence-electron chi connectivity index (χ1n) is 9.55. The molecule has 2 amide bonds. The highest BCUT2D eigenvalue weighted by molar-refractivity contribution is 8.26. The van der Waals surface area contributed by atoms with E-state index in [1.165, 1.54) is 16.7 Å². The lowest BCUT2D eigenvalue weighted by Gasteiger charge is -2.14. The van der Waals surface area contributed by atoms with Crippen LogP contribution < -0.4 is 14.8 Å². The molecule has 1 aliphatic heterocycles. The van der Waals surface area contributed by atoms with Crippen LogP contribution >= 0.6 is 47.2 Å². The number of hydrogen-bond acceptors (Lipinski definition) is 6. The molecule has 0 unspecified atom stereocenters. The van der Waals surface area contributed by atoms with Gasteiger partial charge in [-0.3, -0.25) is 14.5 Å². The third kappa shape index (κ3) is 5.75. The molecule has 2 aromatic carbocycles. The number of thiocarbonyl (C=S) groups is 1. The van der Waals surface area contributed by atoms with Gasteiger partial charge in [-0.25, -0.2) is 0 Å². The molecule has 10 heteroatoms. The van der Waals surface area contributed by atoms with Gasteiger partial charge in [-0.2, -0.15) is 0 Å². The SMILES string of the molecule is COc1ccc(/C=C2\SC(=S)N(CCCC(=O)Nc3cccc(Cl)c3Cl)C2=O)cc1OC. The van der Waals surface area contributed by atoms with Gasteiger partial charge in [-0.15, -0.1) is 0 Å². The molecule has 1 aliphatic rings. The monoisotopic (exact) mass is 510 g/mol. The second kappa shape index (κ2) is 11.0. The van der Waals surface area contributed by atoms with E-state index in [2.05, 4.69) is 5.32 Å². The molecule has 168 valence electrons. The second-order valence-corrected chi connectivity index (χ2v) is 9.16. The number of thioether (sulfide) groups is 1. The zero-order valence-corrected chi connectivity index (χ0v) is 20.5. The van der Waals surface area contributed by atoms with Gasteiger partial charge in [-0.05, 0) is 42.3 Å². The molecule has 3 rings (SSSR count). The Bertz CT molecular complexity index is 1090. The van der Waals surface area contributed by atoms with Crippen molar-refractivity contribution in [1.29, 1.82) is 0 Å². The molecule has 1 saturated heterocycles. The highest BCUT2D eigenvalue weighted by Gasteiger charge is 2.31. The Morgan fingerprint density at radius 2 is 1.94 bits per heavy atom. The highest BCUT2D eigenvalue weighted by Crippen LogP contribution is 2.35. The van der Waals surface area contributed by atoms with E-state index in [0.717, 1.165) is 5.56 Å². The van der Waals surface area contributed by atoms with E-state index < -0.39 is 0 Å². The van der Waals surface area contributed by atoms with Crippen molar-refractivity contribution in [2.75, 3.05) is 26.1 Å². The number of hydrogen-bond donors (Lipinski definition) is 1. The molecule has 2 aromatic rings. The number of nitrogens with zero attached hydrogens (tertiary/aromatic N) is 1. The van der Waals surface area contributed by atoms with Gasteiger partial charge in [-0.1, -0.05) is 59.3 Å². The second-order valence-electron chi connectivity index (χ2n) is 6.70. The lowest BCUT2D eigenvalue weighted by atomic mass is 10.2. The molecule has 0 saturated carbocycles. The molecule has 0 atom stereocenters. The zero-order valence-electron chi connectivity index (χ0n) is 17.3. The Morgan fingerprint density at radius 1 is 1.19 bits per heavy atom. The minimum absolute atomic E-state index is 0.187. The average Bonchev–Trinajstić information content (AvgIpc) is 3.04. The van der Waals surface area contributed by atoms with Crippen LogP contribution in [0.5, 0.6) is 11.5 Å². The number of anilines is 1. The van der Waals surface area contributed by atoms with Crippen LogP contribution in [0.2, 0.25) is 10.0 Å². The first-order chi connectivity index (χ1) is 15.3. The van der Waals surface area contributed by atoms with E-state index in [1.54, 1.807) is 50.6 Å². The predicted octanol–water partition coefficient (Wildman–Crippen LogP) is 5.63. The summed E-state index contributed by atoms with van der Waals surface area (Å²) in [6.45, 7) is 0.338. The van der Waals surface area contributed by atoms with Crippen molar-refractivity contribution in [3.8, 4) is 11.5 Å². The smallest absolute Gasteiger partial charge is 0.266 e. The topological polar surface area (TPSA) is 67.9 Å². The Labute approximate surface area is 205 Å². The number of carbonyl (C=O) groups excluding carboxylic acids is 2. The molecule has 6 nitrogen and oxygen atoms in total. The Kier molecular flexibility index (Phi) is 8.42. The zero-order chi connectivity index (χ0) is 23.3. The van der Waals surface area contributed by atoms with Crippen molar-refractivity contribution in [3.05, 3.63) is 56.9 Å². The van der Waals surface area contributed by atoms with Crippen LogP contribution in [0.3, 0.4) is 0 Å². The lowest BCUT2D eigenvalue weighted by Crippen LogP contribution is -2.29. The molecule has 32 heavy (non-hydrogen) atoms. The molecule has 0 spiro atoms. The largest absolute Gasteiger partial charge is 0.493 e. The fraction of sp³-hybridized carbons (Fsp3) is 0.227. The van der Waals surface area contributed by atoms with Crippen molar-refractivity contribution >= 4 is 75.1 Å². The molecule has 0 aliphatic carbocycles. The Hall–Kier alpha value is -2.26. The van der Waals surface area contributed by atoms with Crippen molar-refractivity contribution in [1.82, 2.24) is 4.90 Å². The van der Waals surface area contributed by atoms with Crippen LogP contribution in [-0.2, 0) is 9.59 Å². The number of halogens is 2. The van der Waals surface area contributed by atoms with Gasteiger partial charge in [0.25, 0.3) is 5.91 Å². The Balaban J connectivity index is 1.58. The van der Waals surface area contributed by atoms with Crippen LogP contribution in [0.1, 0.15) is 18.4 Å². The summed E-state index contributed by atoms with van der Waals surface area (Å²) in [6, 6.07) is 10.4. The number of methoxy groups -OCH3 is 2. The fourth-order valence-corrected chi connectivity index (χ4v) is 4.65. The van der Waals surface area contributed by atoms with Crippen LogP contribution in [0.25, 0.3) is 6.08 Å². The predicted molar refractivity (Wildman–Crippen MR) is 134 cm³/mol.